The molecule has 0 aliphatic heterocycles. The zero-order chi connectivity index (χ0) is 20.2. The molecule has 0 radical (unpaired) electrons. The molecule has 0 aliphatic rings. The van der Waals surface area contributed by atoms with Gasteiger partial charge in [-0.1, -0.05) is 50.1 Å². The van der Waals surface area contributed by atoms with E-state index in [1.807, 2.05) is 4.90 Å². The number of hydrogen-bond donors (Lipinski definition) is 4. The normalized spacial score (nSPS) is 11.8. The van der Waals surface area contributed by atoms with Gasteiger partial charge >= 0.3 is 0 Å². The van der Waals surface area contributed by atoms with Crippen LogP contribution in [0.1, 0.15) is 5.56 Å². The average molecular weight is 372 g/mol. The van der Waals surface area contributed by atoms with Crippen molar-refractivity contribution in [3.8, 4) is 5.75 Å². The third-order valence-electron chi connectivity index (χ3n) is 3.75. The lowest BCUT2D eigenvalue weighted by molar-refractivity contribution is 0.155. The lowest BCUT2D eigenvalue weighted by Gasteiger charge is -2.22. The van der Waals surface area contributed by atoms with Crippen LogP contribution in [-0.2, 0) is 6.54 Å². The number of aliphatic hydroxyl groups excluding tert-OH is 2. The van der Waals surface area contributed by atoms with Crippen LogP contribution >= 0.6 is 0 Å². The van der Waals surface area contributed by atoms with Gasteiger partial charge in [-0.3, -0.25) is 4.90 Å². The van der Waals surface area contributed by atoms with Gasteiger partial charge in [0.2, 0.25) is 0 Å². The largest absolute Gasteiger partial charge is 0.505 e. The molecule has 1 rings (SSSR count). The monoisotopic (exact) mass is 372 g/mol. The summed E-state index contributed by atoms with van der Waals surface area (Å²) < 4.78 is 0. The molecule has 0 aliphatic carbocycles. The number of hydrogen-bond acceptors (Lipinski definition) is 7. The lowest BCUT2D eigenvalue weighted by atomic mass is 10.1. The number of nitrogens with two attached hydrogens (primary N) is 1. The molecule has 27 heavy (non-hydrogen) atoms. The first kappa shape index (κ1) is 22.3. The van der Waals surface area contributed by atoms with Crippen molar-refractivity contribution in [2.75, 3.05) is 31.4 Å². The second-order valence-corrected chi connectivity index (χ2v) is 5.66. The topological polar surface area (TPSA) is 106 Å². The Morgan fingerprint density at radius 3 is 2.41 bits per heavy atom. The number of aliphatic hydroxyl groups is 2. The van der Waals surface area contributed by atoms with Crippen molar-refractivity contribution in [1.29, 1.82) is 0 Å². The van der Waals surface area contributed by atoms with Crippen LogP contribution in [0.25, 0.3) is 0 Å². The maximum atomic E-state index is 10.6. The Kier molecular flexibility index (Phi) is 9.78. The first-order valence-corrected chi connectivity index (χ1v) is 8.47. The average Bonchev–Trinajstić information content (AvgIpc) is 2.66. The van der Waals surface area contributed by atoms with Gasteiger partial charge in [-0.2, -0.15) is 10.2 Å². The molecule has 7 nitrogen and oxygen atoms in total. The molecular weight excluding hydrogens is 344 g/mol. The maximum absolute atomic E-state index is 10.6. The van der Waals surface area contributed by atoms with Crippen LogP contribution in [0.3, 0.4) is 0 Å². The number of hydrazone groups is 1. The highest BCUT2D eigenvalue weighted by Gasteiger charge is 2.14. The first-order chi connectivity index (χ1) is 13.0. The molecule has 0 bridgehead atoms. The Morgan fingerprint density at radius 1 is 1.19 bits per heavy atom. The fourth-order valence-electron chi connectivity index (χ4n) is 2.32. The van der Waals surface area contributed by atoms with Gasteiger partial charge in [0, 0.05) is 25.2 Å². The number of rotatable bonds is 12. The third kappa shape index (κ3) is 6.84. The lowest BCUT2D eigenvalue weighted by Crippen LogP contribution is -2.30. The number of anilines is 1. The number of nitrogens with zero attached hydrogens (tertiary/aromatic N) is 3. The molecule has 0 aromatic heterocycles. The molecule has 5 N–H and O–H groups in total. The van der Waals surface area contributed by atoms with Gasteiger partial charge in [0.15, 0.2) is 0 Å². The van der Waals surface area contributed by atoms with E-state index in [4.69, 9.17) is 16.1 Å². The highest BCUT2D eigenvalue weighted by Crippen LogP contribution is 2.30. The van der Waals surface area contributed by atoms with E-state index in [9.17, 15) is 5.11 Å². The van der Waals surface area contributed by atoms with Crippen LogP contribution in [0.15, 0.2) is 72.9 Å². The Morgan fingerprint density at radius 2 is 1.85 bits per heavy atom. The fraction of sp³-hybridized carbons (Fsp3) is 0.250. The minimum atomic E-state index is -0.0452. The standard InChI is InChI=1S/C20H28N4O3/c1-4-6-9-18(16(3)5-2)22-24(21)19-10-7-8-17(20(19)27)15-23(11-13-25)12-14-26/h4-10,25-27H,1-3,11-15,21H2/b9-6-,22-18-. The van der Waals surface area contributed by atoms with Crippen molar-refractivity contribution >= 4 is 11.4 Å². The minimum Gasteiger partial charge on any atom is -0.505 e. The summed E-state index contributed by atoms with van der Waals surface area (Å²) in [6, 6.07) is 5.13. The molecule has 0 unspecified atom stereocenters. The number of phenols is 1. The summed E-state index contributed by atoms with van der Waals surface area (Å²) in [6.45, 7) is 12.2. The van der Waals surface area contributed by atoms with E-state index in [0.29, 0.717) is 42.2 Å². The molecule has 1 aromatic rings. The van der Waals surface area contributed by atoms with Crippen LogP contribution in [-0.4, -0.2) is 52.2 Å². The SMILES string of the molecule is C=C/C=C\C(=N\N(N)c1cccc(CN(CCO)CCO)c1O)C(=C)C=C. The van der Waals surface area contributed by atoms with Gasteiger partial charge in [0.1, 0.15) is 11.4 Å². The van der Waals surface area contributed by atoms with Gasteiger partial charge in [-0.25, -0.2) is 5.84 Å². The molecule has 0 atom stereocenters. The fourth-order valence-corrected chi connectivity index (χ4v) is 2.32. The number of phenolic OH excluding ortho intramolecular Hbond substituents is 1. The Bertz CT molecular complexity index is 707. The zero-order valence-electron chi connectivity index (χ0n) is 15.5. The Balaban J connectivity index is 3.16. The summed E-state index contributed by atoms with van der Waals surface area (Å²) in [7, 11) is 0. The van der Waals surface area contributed by atoms with E-state index in [2.05, 4.69) is 24.8 Å². The van der Waals surface area contributed by atoms with Crippen molar-refractivity contribution in [3.05, 3.63) is 73.4 Å². The Labute approximate surface area is 160 Å². The Hall–Kier alpha value is -2.71. The van der Waals surface area contributed by atoms with Gasteiger partial charge in [-0.15, -0.1) is 0 Å². The summed E-state index contributed by atoms with van der Waals surface area (Å²) in [5.41, 5.74) is 1.95. The van der Waals surface area contributed by atoms with Crippen LogP contribution in [0.4, 0.5) is 5.69 Å². The molecule has 0 spiro atoms. The predicted molar refractivity (Wildman–Crippen MR) is 110 cm³/mol. The predicted octanol–water partition coefficient (Wildman–Crippen LogP) is 1.70. The summed E-state index contributed by atoms with van der Waals surface area (Å²) in [5.74, 6) is 6.01. The minimum absolute atomic E-state index is 0.0269. The number of hydrazine groups is 1. The van der Waals surface area contributed by atoms with Crippen molar-refractivity contribution < 1.29 is 15.3 Å². The smallest absolute Gasteiger partial charge is 0.146 e. The highest BCUT2D eigenvalue weighted by molar-refractivity contribution is 6.10. The van der Waals surface area contributed by atoms with Crippen LogP contribution in [0.2, 0.25) is 0 Å². The molecule has 0 saturated carbocycles. The quantitative estimate of drug-likeness (QED) is 0.193. The highest BCUT2D eigenvalue weighted by atomic mass is 16.3. The van der Waals surface area contributed by atoms with Gasteiger partial charge < -0.3 is 15.3 Å². The van der Waals surface area contributed by atoms with E-state index < -0.39 is 0 Å². The van der Waals surface area contributed by atoms with Gasteiger partial charge in [0.25, 0.3) is 0 Å². The zero-order valence-corrected chi connectivity index (χ0v) is 15.5. The van der Waals surface area contributed by atoms with Gasteiger partial charge in [0.05, 0.1) is 18.9 Å². The number of aromatic hydroxyl groups is 1. The van der Waals surface area contributed by atoms with Crippen LogP contribution in [0.5, 0.6) is 5.75 Å². The maximum Gasteiger partial charge on any atom is 0.146 e. The van der Waals surface area contributed by atoms with E-state index in [1.54, 1.807) is 42.5 Å². The van der Waals surface area contributed by atoms with Crippen LogP contribution in [0, 0.1) is 0 Å². The van der Waals surface area contributed by atoms with Crippen LogP contribution < -0.4 is 11.0 Å². The molecule has 0 amide bonds. The molecule has 146 valence electrons. The number of para-hydroxylation sites is 1. The molecule has 0 fully saturated rings. The number of benzene rings is 1. The second kappa shape index (κ2) is 11.8. The first-order valence-electron chi connectivity index (χ1n) is 8.47. The third-order valence-corrected chi connectivity index (χ3v) is 3.75. The van der Waals surface area contributed by atoms with E-state index >= 15 is 0 Å². The summed E-state index contributed by atoms with van der Waals surface area (Å²) in [6.07, 6.45) is 6.53. The van der Waals surface area contributed by atoms with Crippen molar-refractivity contribution in [2.24, 2.45) is 10.9 Å². The summed E-state index contributed by atoms with van der Waals surface area (Å²) >= 11 is 0. The number of allylic oxidation sites excluding steroid dienone is 5. The van der Waals surface area contributed by atoms with Crippen molar-refractivity contribution in [2.45, 2.75) is 6.54 Å². The second-order valence-electron chi connectivity index (χ2n) is 5.66. The molecule has 1 aromatic carbocycles. The van der Waals surface area contributed by atoms with E-state index in [-0.39, 0.29) is 19.0 Å². The van der Waals surface area contributed by atoms with Gasteiger partial charge in [-0.05, 0) is 17.7 Å². The van der Waals surface area contributed by atoms with E-state index in [1.165, 1.54) is 0 Å². The molecule has 0 saturated heterocycles. The summed E-state index contributed by atoms with van der Waals surface area (Å²) in [4.78, 5) is 1.82. The molecule has 0 heterocycles. The molecule has 7 heteroatoms. The van der Waals surface area contributed by atoms with E-state index in [0.717, 1.165) is 5.12 Å². The van der Waals surface area contributed by atoms with Crippen molar-refractivity contribution in [1.82, 2.24) is 4.90 Å². The summed E-state index contributed by atoms with van der Waals surface area (Å²) in [5, 5.41) is 34.2. The van der Waals surface area contributed by atoms with Crippen molar-refractivity contribution in [3.63, 3.8) is 0 Å². The molecular formula is C20H28N4O3.